The van der Waals surface area contributed by atoms with Gasteiger partial charge in [0.2, 0.25) is 10.0 Å². The quantitative estimate of drug-likeness (QED) is 0.577. The zero-order valence-corrected chi connectivity index (χ0v) is 16.6. The van der Waals surface area contributed by atoms with Crippen molar-refractivity contribution in [3.63, 3.8) is 0 Å². The molecule has 0 fully saturated rings. The first kappa shape index (κ1) is 20.3. The number of carbonyl (C=O) groups is 1. The van der Waals surface area contributed by atoms with Gasteiger partial charge < -0.3 is 0 Å². The van der Waals surface area contributed by atoms with Gasteiger partial charge in [-0.05, 0) is 40.7 Å². The lowest BCUT2D eigenvalue weighted by Crippen LogP contribution is -2.40. The standard InChI is InChI=1S/C21H24N2O4S/c1-2-16-14-19(8-9-20(16)18-6-4-3-5-7-18)17-10-12-23(13-11-17)28(26,27)15-21(24)22-25/h3-10,14,25H,2,11-13,15H2,1H3,(H,22,24). The molecule has 1 amide bonds. The van der Waals surface area contributed by atoms with Gasteiger partial charge in [-0.3, -0.25) is 10.0 Å². The molecule has 2 aromatic carbocycles. The van der Waals surface area contributed by atoms with E-state index in [1.807, 2.05) is 24.3 Å². The lowest BCUT2D eigenvalue weighted by Gasteiger charge is -2.26. The minimum Gasteiger partial charge on any atom is -0.289 e. The summed E-state index contributed by atoms with van der Waals surface area (Å²) in [5.74, 6) is -1.68. The number of nitrogens with zero attached hydrogens (tertiary/aromatic N) is 1. The van der Waals surface area contributed by atoms with Crippen LogP contribution in [0.1, 0.15) is 24.5 Å². The maximum atomic E-state index is 12.2. The van der Waals surface area contributed by atoms with Crippen LogP contribution in [0.2, 0.25) is 0 Å². The summed E-state index contributed by atoms with van der Waals surface area (Å²) >= 11 is 0. The number of rotatable bonds is 6. The molecule has 6 nitrogen and oxygen atoms in total. The Morgan fingerprint density at radius 2 is 1.89 bits per heavy atom. The Morgan fingerprint density at radius 3 is 2.50 bits per heavy atom. The number of carbonyl (C=O) groups excluding carboxylic acids is 1. The Kier molecular flexibility index (Phi) is 6.28. The molecule has 1 aliphatic rings. The van der Waals surface area contributed by atoms with Gasteiger partial charge in [0.1, 0.15) is 5.75 Å². The predicted molar refractivity (Wildman–Crippen MR) is 109 cm³/mol. The molecule has 0 unspecified atom stereocenters. The monoisotopic (exact) mass is 400 g/mol. The first-order valence-corrected chi connectivity index (χ1v) is 10.8. The van der Waals surface area contributed by atoms with Crippen LogP contribution < -0.4 is 5.48 Å². The van der Waals surface area contributed by atoms with Crippen molar-refractivity contribution in [2.24, 2.45) is 0 Å². The van der Waals surface area contributed by atoms with Crippen molar-refractivity contribution in [2.75, 3.05) is 18.8 Å². The zero-order valence-electron chi connectivity index (χ0n) is 15.8. The van der Waals surface area contributed by atoms with Gasteiger partial charge in [0.25, 0.3) is 5.91 Å². The number of sulfonamides is 1. The smallest absolute Gasteiger partial charge is 0.259 e. The number of aryl methyl sites for hydroxylation is 1. The second-order valence-corrected chi connectivity index (χ2v) is 8.69. The minimum atomic E-state index is -3.74. The third kappa shape index (κ3) is 4.49. The Labute approximate surface area is 165 Å². The number of benzene rings is 2. The molecule has 0 radical (unpaired) electrons. The minimum absolute atomic E-state index is 0.221. The van der Waals surface area contributed by atoms with Crippen molar-refractivity contribution < 1.29 is 18.4 Å². The zero-order chi connectivity index (χ0) is 20.1. The third-order valence-electron chi connectivity index (χ3n) is 4.95. The molecule has 0 spiro atoms. The Bertz CT molecular complexity index is 985. The summed E-state index contributed by atoms with van der Waals surface area (Å²) < 4.78 is 25.7. The summed E-state index contributed by atoms with van der Waals surface area (Å²) in [7, 11) is -3.74. The Balaban J connectivity index is 1.80. The molecule has 0 atom stereocenters. The fraction of sp³-hybridized carbons (Fsp3) is 0.286. The number of hydrogen-bond acceptors (Lipinski definition) is 4. The first-order valence-electron chi connectivity index (χ1n) is 9.23. The summed E-state index contributed by atoms with van der Waals surface area (Å²) in [5.41, 5.74) is 7.21. The first-order chi connectivity index (χ1) is 13.4. The van der Waals surface area contributed by atoms with Crippen molar-refractivity contribution in [1.82, 2.24) is 9.79 Å². The normalized spacial score (nSPS) is 15.1. The van der Waals surface area contributed by atoms with E-state index in [9.17, 15) is 13.2 Å². The molecular formula is C21H24N2O4S. The number of hydrogen-bond donors (Lipinski definition) is 2. The highest BCUT2D eigenvalue weighted by molar-refractivity contribution is 7.89. The number of nitrogens with one attached hydrogen (secondary N) is 1. The average molecular weight is 401 g/mol. The summed E-state index contributed by atoms with van der Waals surface area (Å²) in [6.07, 6.45) is 3.38. The maximum absolute atomic E-state index is 12.2. The molecule has 2 N–H and O–H groups in total. The van der Waals surface area contributed by atoms with Gasteiger partial charge in [0, 0.05) is 13.1 Å². The molecule has 2 aromatic rings. The average Bonchev–Trinajstić information content (AvgIpc) is 2.73. The van der Waals surface area contributed by atoms with Crippen LogP contribution in [0, 0.1) is 0 Å². The Morgan fingerprint density at radius 1 is 1.14 bits per heavy atom. The third-order valence-corrected chi connectivity index (χ3v) is 6.69. The van der Waals surface area contributed by atoms with Crippen LogP contribution in [0.5, 0.6) is 0 Å². The van der Waals surface area contributed by atoms with Crippen molar-refractivity contribution in [1.29, 1.82) is 0 Å². The van der Waals surface area contributed by atoms with Gasteiger partial charge in [-0.25, -0.2) is 13.9 Å². The molecule has 0 aliphatic carbocycles. The molecular weight excluding hydrogens is 376 g/mol. The highest BCUT2D eigenvalue weighted by atomic mass is 32.2. The van der Waals surface area contributed by atoms with E-state index >= 15 is 0 Å². The molecule has 0 saturated carbocycles. The van der Waals surface area contributed by atoms with Gasteiger partial charge in [0.05, 0.1) is 0 Å². The van der Waals surface area contributed by atoms with Crippen molar-refractivity contribution in [2.45, 2.75) is 19.8 Å². The molecule has 3 rings (SSSR count). The molecule has 0 bridgehead atoms. The lowest BCUT2D eigenvalue weighted by molar-refractivity contribution is -0.126. The van der Waals surface area contributed by atoms with Crippen LogP contribution in [0.15, 0.2) is 54.6 Å². The van der Waals surface area contributed by atoms with E-state index < -0.39 is 21.7 Å². The second-order valence-electron chi connectivity index (χ2n) is 6.72. The fourth-order valence-electron chi connectivity index (χ4n) is 3.44. The summed E-state index contributed by atoms with van der Waals surface area (Å²) in [4.78, 5) is 11.2. The van der Waals surface area contributed by atoms with Crippen LogP contribution in [-0.2, 0) is 21.2 Å². The van der Waals surface area contributed by atoms with Crippen molar-refractivity contribution >= 4 is 21.5 Å². The van der Waals surface area contributed by atoms with Crippen LogP contribution in [0.25, 0.3) is 16.7 Å². The van der Waals surface area contributed by atoms with E-state index in [0.717, 1.165) is 17.6 Å². The molecule has 0 aromatic heterocycles. The van der Waals surface area contributed by atoms with Crippen LogP contribution in [0.3, 0.4) is 0 Å². The van der Waals surface area contributed by atoms with Crippen LogP contribution in [-0.4, -0.2) is 42.7 Å². The van der Waals surface area contributed by atoms with Gasteiger partial charge in [-0.15, -0.1) is 0 Å². The van der Waals surface area contributed by atoms with E-state index in [4.69, 9.17) is 5.21 Å². The van der Waals surface area contributed by atoms with E-state index in [0.29, 0.717) is 13.0 Å². The molecule has 0 saturated heterocycles. The molecule has 1 aliphatic heterocycles. The predicted octanol–water partition coefficient (Wildman–Crippen LogP) is 2.84. The van der Waals surface area contributed by atoms with E-state index in [1.165, 1.54) is 26.5 Å². The fourth-order valence-corrected chi connectivity index (χ4v) is 4.69. The molecule has 1 heterocycles. The van der Waals surface area contributed by atoms with Gasteiger partial charge in [-0.2, -0.15) is 4.31 Å². The van der Waals surface area contributed by atoms with E-state index in [-0.39, 0.29) is 6.54 Å². The molecule has 28 heavy (non-hydrogen) atoms. The lowest BCUT2D eigenvalue weighted by atomic mass is 9.92. The van der Waals surface area contributed by atoms with E-state index in [2.05, 4.69) is 37.3 Å². The van der Waals surface area contributed by atoms with Crippen LogP contribution >= 0.6 is 0 Å². The largest absolute Gasteiger partial charge is 0.289 e. The van der Waals surface area contributed by atoms with Gasteiger partial charge >= 0.3 is 0 Å². The van der Waals surface area contributed by atoms with Gasteiger partial charge in [-0.1, -0.05) is 61.5 Å². The second kappa shape index (κ2) is 8.68. The van der Waals surface area contributed by atoms with Crippen LogP contribution in [0.4, 0.5) is 0 Å². The topological polar surface area (TPSA) is 86.7 Å². The highest BCUT2D eigenvalue weighted by Gasteiger charge is 2.27. The number of amides is 1. The number of hydroxylamine groups is 1. The SMILES string of the molecule is CCc1cc(C2=CCN(S(=O)(=O)CC(=O)NO)CC2)ccc1-c1ccccc1. The summed E-state index contributed by atoms with van der Waals surface area (Å²) in [6.45, 7) is 2.66. The summed E-state index contributed by atoms with van der Waals surface area (Å²) in [6, 6.07) is 16.6. The van der Waals surface area contributed by atoms with Crippen molar-refractivity contribution in [3.8, 4) is 11.1 Å². The van der Waals surface area contributed by atoms with Crippen molar-refractivity contribution in [3.05, 3.63) is 65.7 Å². The highest BCUT2D eigenvalue weighted by Crippen LogP contribution is 2.30. The maximum Gasteiger partial charge on any atom is 0.259 e. The van der Waals surface area contributed by atoms with E-state index in [1.54, 1.807) is 0 Å². The molecule has 148 valence electrons. The van der Waals surface area contributed by atoms with Gasteiger partial charge in [0.15, 0.2) is 0 Å². The summed E-state index contributed by atoms with van der Waals surface area (Å²) in [5, 5.41) is 8.55. The Hall–Kier alpha value is -2.48. The molecule has 7 heteroatoms.